The molecule has 0 aliphatic carbocycles. The molecule has 0 spiro atoms. The Labute approximate surface area is 164 Å². The van der Waals surface area contributed by atoms with Crippen molar-refractivity contribution in [2.75, 3.05) is 6.54 Å². The van der Waals surface area contributed by atoms with Gasteiger partial charge in [0.05, 0.1) is 22.9 Å². The average molecular weight is 381 g/mol. The maximum atomic E-state index is 12.5. The molecule has 0 aliphatic rings. The lowest BCUT2D eigenvalue weighted by atomic mass is 10.1. The summed E-state index contributed by atoms with van der Waals surface area (Å²) in [4.78, 5) is 29.0. The number of rotatable bonds is 8. The van der Waals surface area contributed by atoms with Crippen molar-refractivity contribution in [3.8, 4) is 0 Å². The van der Waals surface area contributed by atoms with Crippen molar-refractivity contribution in [2.45, 2.75) is 53.1 Å². The van der Waals surface area contributed by atoms with E-state index in [1.165, 1.54) is 0 Å². The molecule has 0 saturated heterocycles. The molecule has 7 nitrogen and oxygen atoms in total. The minimum atomic E-state index is -0.0565. The van der Waals surface area contributed by atoms with Gasteiger partial charge in [0.15, 0.2) is 0 Å². The standard InChI is InChI=1S/C21H27N5O2/c1-15-7-4-8-18-20(15)23-14-25(21(18)28)11-5-9-19(27)22-10-6-12-26-17(3)13-16(2)24-26/h4,7-8,13-14H,5-6,9-12H2,1-3H3,(H,22,27). The lowest BCUT2D eigenvalue weighted by molar-refractivity contribution is -0.121. The number of carbonyl (C=O) groups excluding carboxylic acids is 1. The Morgan fingerprint density at radius 1 is 1.14 bits per heavy atom. The molecule has 1 aromatic carbocycles. The lowest BCUT2D eigenvalue weighted by Gasteiger charge is -2.09. The van der Waals surface area contributed by atoms with E-state index in [1.807, 2.05) is 43.7 Å². The van der Waals surface area contributed by atoms with Crippen LogP contribution in [0, 0.1) is 20.8 Å². The summed E-state index contributed by atoms with van der Waals surface area (Å²) in [5, 5.41) is 7.97. The highest BCUT2D eigenvalue weighted by Crippen LogP contribution is 2.11. The normalized spacial score (nSPS) is 11.1. The Balaban J connectivity index is 1.43. The van der Waals surface area contributed by atoms with Crippen molar-refractivity contribution >= 4 is 16.8 Å². The number of nitrogens with zero attached hydrogens (tertiary/aromatic N) is 4. The van der Waals surface area contributed by atoms with Gasteiger partial charge in [0.1, 0.15) is 0 Å². The number of aryl methyl sites for hydroxylation is 5. The van der Waals surface area contributed by atoms with Crippen LogP contribution in [0.1, 0.15) is 36.2 Å². The van der Waals surface area contributed by atoms with Crippen LogP contribution in [0.5, 0.6) is 0 Å². The molecular formula is C21H27N5O2. The predicted octanol–water partition coefficient (Wildman–Crippen LogP) is 2.50. The Hall–Kier alpha value is -2.96. The van der Waals surface area contributed by atoms with E-state index in [-0.39, 0.29) is 11.5 Å². The minimum Gasteiger partial charge on any atom is -0.356 e. The Bertz CT molecular complexity index is 1030. The van der Waals surface area contributed by atoms with Crippen LogP contribution in [0.2, 0.25) is 0 Å². The fourth-order valence-corrected chi connectivity index (χ4v) is 3.35. The first kappa shape index (κ1) is 19.8. The van der Waals surface area contributed by atoms with Crippen molar-refractivity contribution in [2.24, 2.45) is 0 Å². The van der Waals surface area contributed by atoms with Gasteiger partial charge in [0.2, 0.25) is 5.91 Å². The van der Waals surface area contributed by atoms with Crippen molar-refractivity contribution < 1.29 is 4.79 Å². The maximum Gasteiger partial charge on any atom is 0.261 e. The molecule has 0 bridgehead atoms. The summed E-state index contributed by atoms with van der Waals surface area (Å²) in [5.74, 6) is 0.00556. The van der Waals surface area contributed by atoms with Gasteiger partial charge in [-0.05, 0) is 51.3 Å². The first-order valence-electron chi connectivity index (χ1n) is 9.68. The van der Waals surface area contributed by atoms with E-state index in [2.05, 4.69) is 15.4 Å². The summed E-state index contributed by atoms with van der Waals surface area (Å²) in [5.41, 5.74) is 3.81. The molecule has 3 aromatic rings. The van der Waals surface area contributed by atoms with Gasteiger partial charge in [-0.1, -0.05) is 12.1 Å². The van der Waals surface area contributed by atoms with Crippen LogP contribution in [0.15, 0.2) is 35.4 Å². The molecule has 0 unspecified atom stereocenters. The number of aromatic nitrogens is 4. The number of para-hydroxylation sites is 1. The highest BCUT2D eigenvalue weighted by atomic mass is 16.1. The van der Waals surface area contributed by atoms with Gasteiger partial charge in [-0.25, -0.2) is 4.98 Å². The van der Waals surface area contributed by atoms with Gasteiger partial charge < -0.3 is 5.32 Å². The van der Waals surface area contributed by atoms with Gasteiger partial charge >= 0.3 is 0 Å². The number of nitrogens with one attached hydrogen (secondary N) is 1. The Kier molecular flexibility index (Phi) is 6.23. The fourth-order valence-electron chi connectivity index (χ4n) is 3.35. The highest BCUT2D eigenvalue weighted by Gasteiger charge is 2.07. The van der Waals surface area contributed by atoms with Crippen molar-refractivity contribution in [3.05, 3.63) is 57.9 Å². The maximum absolute atomic E-state index is 12.5. The molecule has 0 atom stereocenters. The summed E-state index contributed by atoms with van der Waals surface area (Å²) < 4.78 is 3.54. The summed E-state index contributed by atoms with van der Waals surface area (Å²) in [7, 11) is 0. The van der Waals surface area contributed by atoms with E-state index in [9.17, 15) is 9.59 Å². The zero-order valence-electron chi connectivity index (χ0n) is 16.7. The monoisotopic (exact) mass is 381 g/mol. The average Bonchev–Trinajstić information content (AvgIpc) is 2.98. The van der Waals surface area contributed by atoms with Crippen LogP contribution in [0.4, 0.5) is 0 Å². The van der Waals surface area contributed by atoms with Crippen molar-refractivity contribution in [1.29, 1.82) is 0 Å². The smallest absolute Gasteiger partial charge is 0.261 e. The van der Waals surface area contributed by atoms with Crippen LogP contribution in [-0.4, -0.2) is 31.8 Å². The molecule has 148 valence electrons. The van der Waals surface area contributed by atoms with Crippen LogP contribution in [0.25, 0.3) is 10.9 Å². The molecule has 0 radical (unpaired) electrons. The topological polar surface area (TPSA) is 81.8 Å². The van der Waals surface area contributed by atoms with E-state index in [4.69, 9.17) is 0 Å². The number of hydrogen-bond donors (Lipinski definition) is 1. The second-order valence-corrected chi connectivity index (χ2v) is 7.17. The van der Waals surface area contributed by atoms with E-state index in [0.717, 1.165) is 35.4 Å². The minimum absolute atomic E-state index is 0.00556. The molecule has 1 amide bonds. The summed E-state index contributed by atoms with van der Waals surface area (Å²) in [6.45, 7) is 7.84. The fraction of sp³-hybridized carbons (Fsp3) is 0.429. The third-order valence-corrected chi connectivity index (χ3v) is 4.83. The van der Waals surface area contributed by atoms with Crippen LogP contribution >= 0.6 is 0 Å². The first-order chi connectivity index (χ1) is 13.5. The van der Waals surface area contributed by atoms with Crippen molar-refractivity contribution in [1.82, 2.24) is 24.6 Å². The molecule has 0 saturated carbocycles. The van der Waals surface area contributed by atoms with Gasteiger partial charge in [0.25, 0.3) is 5.56 Å². The van der Waals surface area contributed by atoms with E-state index in [0.29, 0.717) is 31.3 Å². The van der Waals surface area contributed by atoms with Crippen LogP contribution < -0.4 is 10.9 Å². The van der Waals surface area contributed by atoms with Crippen LogP contribution in [0.3, 0.4) is 0 Å². The van der Waals surface area contributed by atoms with E-state index in [1.54, 1.807) is 17.0 Å². The Morgan fingerprint density at radius 3 is 2.71 bits per heavy atom. The Morgan fingerprint density at radius 2 is 1.96 bits per heavy atom. The summed E-state index contributed by atoms with van der Waals surface area (Å²) >= 11 is 0. The molecule has 0 fully saturated rings. The molecule has 1 N–H and O–H groups in total. The SMILES string of the molecule is Cc1cc(C)n(CCCNC(=O)CCCn2cnc3c(C)cccc3c2=O)n1. The molecule has 7 heteroatoms. The molecule has 2 aromatic heterocycles. The quantitative estimate of drug-likeness (QED) is 0.608. The largest absolute Gasteiger partial charge is 0.356 e. The van der Waals surface area contributed by atoms with Crippen molar-refractivity contribution in [3.63, 3.8) is 0 Å². The molecule has 2 heterocycles. The zero-order valence-corrected chi connectivity index (χ0v) is 16.7. The first-order valence-corrected chi connectivity index (χ1v) is 9.68. The number of carbonyl (C=O) groups is 1. The predicted molar refractivity (Wildman–Crippen MR) is 109 cm³/mol. The van der Waals surface area contributed by atoms with Gasteiger partial charge in [0, 0.05) is 31.7 Å². The van der Waals surface area contributed by atoms with E-state index < -0.39 is 0 Å². The van der Waals surface area contributed by atoms with Crippen LogP contribution in [-0.2, 0) is 17.9 Å². The lowest BCUT2D eigenvalue weighted by Crippen LogP contribution is -2.26. The molecular weight excluding hydrogens is 354 g/mol. The summed E-state index contributed by atoms with van der Waals surface area (Å²) in [6.07, 6.45) is 3.39. The van der Waals surface area contributed by atoms with Gasteiger partial charge in [-0.2, -0.15) is 5.10 Å². The molecule has 28 heavy (non-hydrogen) atoms. The zero-order chi connectivity index (χ0) is 20.1. The third-order valence-electron chi connectivity index (χ3n) is 4.83. The molecule has 0 aliphatic heterocycles. The number of fused-ring (bicyclic) bond motifs is 1. The third kappa shape index (κ3) is 4.65. The van der Waals surface area contributed by atoms with E-state index >= 15 is 0 Å². The number of hydrogen-bond acceptors (Lipinski definition) is 4. The number of amides is 1. The molecule has 3 rings (SSSR count). The number of benzene rings is 1. The van der Waals surface area contributed by atoms with Gasteiger partial charge in [-0.3, -0.25) is 18.8 Å². The second-order valence-electron chi connectivity index (χ2n) is 7.17. The highest BCUT2D eigenvalue weighted by molar-refractivity contribution is 5.80. The van der Waals surface area contributed by atoms with Gasteiger partial charge in [-0.15, -0.1) is 0 Å². The summed E-state index contributed by atoms with van der Waals surface area (Å²) in [6, 6.07) is 7.65. The second kappa shape index (κ2) is 8.82.